The Hall–Kier alpha value is -2.05. The highest BCUT2D eigenvalue weighted by molar-refractivity contribution is 5.95. The number of likely N-dealkylation sites (tertiary alicyclic amines) is 1. The monoisotopic (exact) mass is 343 g/mol. The van der Waals surface area contributed by atoms with Gasteiger partial charge in [-0.25, -0.2) is 0 Å². The van der Waals surface area contributed by atoms with Crippen molar-refractivity contribution < 1.29 is 27.9 Å². The third-order valence-corrected chi connectivity index (χ3v) is 4.51. The van der Waals surface area contributed by atoms with E-state index in [2.05, 4.69) is 0 Å². The van der Waals surface area contributed by atoms with Gasteiger partial charge in [0.25, 0.3) is 5.91 Å². The first-order valence-corrected chi connectivity index (χ1v) is 7.58. The van der Waals surface area contributed by atoms with Crippen LogP contribution in [0.5, 0.6) is 0 Å². The molecule has 0 bridgehead atoms. The molecule has 0 saturated carbocycles. The molecule has 1 saturated heterocycles. The first kappa shape index (κ1) is 18.3. The van der Waals surface area contributed by atoms with Gasteiger partial charge in [0.1, 0.15) is 0 Å². The predicted octanol–water partition coefficient (Wildman–Crippen LogP) is 3.46. The molecule has 0 radical (unpaired) electrons. The Morgan fingerprint density at radius 2 is 1.67 bits per heavy atom. The molecule has 1 aromatic rings. The molecule has 132 valence electrons. The zero-order chi connectivity index (χ0) is 18.3. The van der Waals surface area contributed by atoms with Crippen molar-refractivity contribution in [2.75, 3.05) is 13.1 Å². The number of rotatable bonds is 2. The first-order chi connectivity index (χ1) is 10.9. The van der Waals surface area contributed by atoms with Crippen molar-refractivity contribution in [2.24, 2.45) is 5.41 Å². The summed E-state index contributed by atoms with van der Waals surface area (Å²) < 4.78 is 39.5. The lowest BCUT2D eigenvalue weighted by Crippen LogP contribution is -2.47. The van der Waals surface area contributed by atoms with Crippen molar-refractivity contribution in [1.29, 1.82) is 0 Å². The molecule has 1 aromatic carbocycles. The van der Waals surface area contributed by atoms with E-state index < -0.39 is 36.4 Å². The highest BCUT2D eigenvalue weighted by atomic mass is 19.4. The van der Waals surface area contributed by atoms with E-state index in [9.17, 15) is 22.8 Å². The lowest BCUT2D eigenvalue weighted by Gasteiger charge is -2.27. The van der Waals surface area contributed by atoms with Crippen LogP contribution in [0.4, 0.5) is 13.2 Å². The SMILES string of the molecule is CC(C)(C)c1ccc(C(=O)N2CCC(C(=O)O)(C(F)(F)F)C2)cc1. The topological polar surface area (TPSA) is 57.6 Å². The number of aliphatic carboxylic acids is 1. The van der Waals surface area contributed by atoms with Gasteiger partial charge >= 0.3 is 12.1 Å². The second kappa shape index (κ2) is 5.79. The number of hydrogen-bond acceptors (Lipinski definition) is 2. The third-order valence-electron chi connectivity index (χ3n) is 4.51. The minimum atomic E-state index is -4.90. The summed E-state index contributed by atoms with van der Waals surface area (Å²) in [5, 5.41) is 9.04. The van der Waals surface area contributed by atoms with Gasteiger partial charge in [0.2, 0.25) is 0 Å². The van der Waals surface area contributed by atoms with Crippen LogP contribution in [0.25, 0.3) is 0 Å². The fourth-order valence-electron chi connectivity index (χ4n) is 2.81. The second-order valence-corrected chi connectivity index (χ2v) is 7.19. The van der Waals surface area contributed by atoms with E-state index in [4.69, 9.17) is 5.11 Å². The molecule has 1 amide bonds. The molecule has 24 heavy (non-hydrogen) atoms. The number of benzene rings is 1. The molecule has 1 aliphatic rings. The van der Waals surface area contributed by atoms with Gasteiger partial charge in [-0.3, -0.25) is 9.59 Å². The van der Waals surface area contributed by atoms with Gasteiger partial charge < -0.3 is 10.0 Å². The summed E-state index contributed by atoms with van der Waals surface area (Å²) in [6, 6.07) is 6.66. The van der Waals surface area contributed by atoms with E-state index >= 15 is 0 Å². The summed E-state index contributed by atoms with van der Waals surface area (Å²) in [7, 11) is 0. The average molecular weight is 343 g/mol. The van der Waals surface area contributed by atoms with Crippen LogP contribution in [-0.4, -0.2) is 41.1 Å². The molecule has 1 fully saturated rings. The number of nitrogens with zero attached hydrogens (tertiary/aromatic N) is 1. The maximum atomic E-state index is 13.2. The van der Waals surface area contributed by atoms with Crippen molar-refractivity contribution in [3.8, 4) is 0 Å². The van der Waals surface area contributed by atoms with E-state index in [0.717, 1.165) is 10.5 Å². The van der Waals surface area contributed by atoms with Gasteiger partial charge in [-0.2, -0.15) is 13.2 Å². The average Bonchev–Trinajstić information content (AvgIpc) is 2.92. The summed E-state index contributed by atoms with van der Waals surface area (Å²) in [6.07, 6.45) is -5.53. The number of carbonyl (C=O) groups excluding carboxylic acids is 1. The molecule has 1 atom stereocenters. The number of alkyl halides is 3. The van der Waals surface area contributed by atoms with Crippen LogP contribution in [-0.2, 0) is 10.2 Å². The highest BCUT2D eigenvalue weighted by Crippen LogP contribution is 2.46. The molecule has 0 aromatic heterocycles. The summed E-state index contributed by atoms with van der Waals surface area (Å²) in [5.74, 6) is -2.52. The Kier molecular flexibility index (Phi) is 4.41. The molecular formula is C17H20F3NO3. The van der Waals surface area contributed by atoms with Gasteiger partial charge in [0, 0.05) is 18.7 Å². The van der Waals surface area contributed by atoms with Gasteiger partial charge in [0.05, 0.1) is 0 Å². The number of carboxylic acid groups (broad SMARTS) is 1. The Morgan fingerprint density at radius 1 is 1.12 bits per heavy atom. The van der Waals surface area contributed by atoms with E-state index in [1.54, 1.807) is 24.3 Å². The molecule has 0 aliphatic carbocycles. The van der Waals surface area contributed by atoms with Crippen molar-refractivity contribution in [3.63, 3.8) is 0 Å². The maximum Gasteiger partial charge on any atom is 0.406 e. The second-order valence-electron chi connectivity index (χ2n) is 7.19. The number of hydrogen-bond donors (Lipinski definition) is 1. The van der Waals surface area contributed by atoms with Crippen LogP contribution in [0.2, 0.25) is 0 Å². The maximum absolute atomic E-state index is 13.2. The fourth-order valence-corrected chi connectivity index (χ4v) is 2.81. The Morgan fingerprint density at radius 3 is 2.04 bits per heavy atom. The van der Waals surface area contributed by atoms with Crippen LogP contribution >= 0.6 is 0 Å². The van der Waals surface area contributed by atoms with Crippen LogP contribution in [0, 0.1) is 5.41 Å². The minimum Gasteiger partial charge on any atom is -0.481 e. The molecule has 1 unspecified atom stereocenters. The van der Waals surface area contributed by atoms with Crippen molar-refractivity contribution in [1.82, 2.24) is 4.90 Å². The molecule has 1 heterocycles. The Balaban J connectivity index is 2.22. The summed E-state index contributed by atoms with van der Waals surface area (Å²) in [5.41, 5.74) is -1.74. The fraction of sp³-hybridized carbons (Fsp3) is 0.529. The van der Waals surface area contributed by atoms with Gasteiger partial charge in [0.15, 0.2) is 5.41 Å². The van der Waals surface area contributed by atoms with Crippen molar-refractivity contribution >= 4 is 11.9 Å². The van der Waals surface area contributed by atoms with Crippen LogP contribution in [0.15, 0.2) is 24.3 Å². The van der Waals surface area contributed by atoms with Crippen LogP contribution in [0.1, 0.15) is 43.1 Å². The number of carbonyl (C=O) groups is 2. The molecular weight excluding hydrogens is 323 g/mol. The van der Waals surface area contributed by atoms with E-state index in [0.29, 0.717) is 0 Å². The first-order valence-electron chi connectivity index (χ1n) is 7.58. The van der Waals surface area contributed by atoms with Gasteiger partial charge in [-0.1, -0.05) is 32.9 Å². The van der Waals surface area contributed by atoms with Gasteiger partial charge in [-0.05, 0) is 29.5 Å². The highest BCUT2D eigenvalue weighted by Gasteiger charge is 2.64. The molecule has 1 N–H and O–H groups in total. The van der Waals surface area contributed by atoms with Crippen molar-refractivity contribution in [3.05, 3.63) is 35.4 Å². The van der Waals surface area contributed by atoms with E-state index in [-0.39, 0.29) is 17.5 Å². The quantitative estimate of drug-likeness (QED) is 0.895. The normalized spacial score (nSPS) is 21.8. The molecule has 2 rings (SSSR count). The summed E-state index contributed by atoms with van der Waals surface area (Å²) >= 11 is 0. The molecule has 0 spiro atoms. The van der Waals surface area contributed by atoms with Crippen LogP contribution in [0.3, 0.4) is 0 Å². The summed E-state index contributed by atoms with van der Waals surface area (Å²) in [6.45, 7) is 4.94. The standard InChI is InChI=1S/C17H20F3NO3/c1-15(2,3)12-6-4-11(5-7-12)13(22)21-9-8-16(10-21,14(23)24)17(18,19)20/h4-7H,8-10H2,1-3H3,(H,23,24). The van der Waals surface area contributed by atoms with Gasteiger partial charge in [-0.15, -0.1) is 0 Å². The summed E-state index contributed by atoms with van der Waals surface area (Å²) in [4.78, 5) is 24.5. The molecule has 7 heteroatoms. The number of carboxylic acids is 1. The van der Waals surface area contributed by atoms with Crippen molar-refractivity contribution in [2.45, 2.75) is 38.8 Å². The lowest BCUT2D eigenvalue weighted by atomic mass is 9.86. The third kappa shape index (κ3) is 3.12. The Bertz CT molecular complexity index is 647. The number of halogens is 3. The molecule has 1 aliphatic heterocycles. The lowest BCUT2D eigenvalue weighted by molar-refractivity contribution is -0.227. The van der Waals surface area contributed by atoms with E-state index in [1.807, 2.05) is 20.8 Å². The molecule has 4 nitrogen and oxygen atoms in total. The number of amides is 1. The van der Waals surface area contributed by atoms with Crippen LogP contribution < -0.4 is 0 Å². The zero-order valence-electron chi connectivity index (χ0n) is 13.8. The zero-order valence-corrected chi connectivity index (χ0v) is 13.8. The predicted molar refractivity (Wildman–Crippen MR) is 81.8 cm³/mol. The minimum absolute atomic E-state index is 0.107. The smallest absolute Gasteiger partial charge is 0.406 e. The Labute approximate surface area is 138 Å². The van der Waals surface area contributed by atoms with E-state index in [1.165, 1.54) is 0 Å². The largest absolute Gasteiger partial charge is 0.481 e.